The van der Waals surface area contributed by atoms with Crippen LogP contribution in [0.1, 0.15) is 52.7 Å². The third-order valence-electron chi connectivity index (χ3n) is 8.45. The molecular weight excluding hydrogens is 525 g/mol. The van der Waals surface area contributed by atoms with Gasteiger partial charge in [-0.3, -0.25) is 24.6 Å². The first-order chi connectivity index (χ1) is 18.3. The Morgan fingerprint density at radius 3 is 2.55 bits per heavy atom. The maximum atomic E-state index is 14.6. The maximum absolute atomic E-state index is 14.6. The predicted molar refractivity (Wildman–Crippen MR) is 146 cm³/mol. The number of Topliss-reactive ketones (excluding diaryl/α,β-unsaturated/α-hetero) is 1. The molecule has 0 saturated carbocycles. The first kappa shape index (κ1) is 25.0. The van der Waals surface area contributed by atoms with Crippen LogP contribution < -0.4 is 5.32 Å². The number of anilines is 1. The van der Waals surface area contributed by atoms with E-state index in [1.807, 2.05) is 12.1 Å². The van der Waals surface area contributed by atoms with Gasteiger partial charge in [-0.1, -0.05) is 54.4 Å². The number of nitro groups is 1. The zero-order chi connectivity index (χ0) is 26.8. The quantitative estimate of drug-likeness (QED) is 0.226. The van der Waals surface area contributed by atoms with Crippen molar-refractivity contribution in [2.24, 2.45) is 5.92 Å². The molecule has 194 valence electrons. The molecule has 1 amide bonds. The van der Waals surface area contributed by atoms with E-state index in [1.54, 1.807) is 30.3 Å². The van der Waals surface area contributed by atoms with E-state index in [-0.39, 0.29) is 34.4 Å². The van der Waals surface area contributed by atoms with Crippen molar-refractivity contribution in [3.05, 3.63) is 103 Å². The number of nitrogens with zero attached hydrogens (tertiary/aromatic N) is 2. The Morgan fingerprint density at radius 2 is 1.87 bits per heavy atom. The number of amides is 1. The molecule has 1 N–H and O–H groups in total. The number of carbonyl (C=O) groups is 2. The molecule has 0 bridgehead atoms. The fraction of sp³-hybridized carbons (Fsp3) is 0.310. The molecule has 2 saturated heterocycles. The lowest BCUT2D eigenvalue weighted by Gasteiger charge is -2.37. The number of hydrogen-bond acceptors (Lipinski definition) is 5. The molecule has 3 aromatic rings. The second-order valence-electron chi connectivity index (χ2n) is 10.2. The van der Waals surface area contributed by atoms with Gasteiger partial charge in [-0.05, 0) is 61.2 Å². The number of non-ortho nitro benzene ring substituents is 1. The summed E-state index contributed by atoms with van der Waals surface area (Å²) < 4.78 is 0. The van der Waals surface area contributed by atoms with Crippen LogP contribution in [0.15, 0.2) is 60.7 Å². The van der Waals surface area contributed by atoms with Crippen LogP contribution in [0.4, 0.5) is 11.4 Å². The highest BCUT2D eigenvalue weighted by Crippen LogP contribution is 2.61. The Bertz CT molecular complexity index is 1490. The molecule has 2 fully saturated rings. The molecule has 3 heterocycles. The molecule has 9 heteroatoms. The van der Waals surface area contributed by atoms with E-state index in [4.69, 9.17) is 23.2 Å². The summed E-state index contributed by atoms with van der Waals surface area (Å²) in [7, 11) is 0. The molecule has 0 aromatic heterocycles. The van der Waals surface area contributed by atoms with Gasteiger partial charge < -0.3 is 5.32 Å². The van der Waals surface area contributed by atoms with E-state index in [1.165, 1.54) is 12.1 Å². The first-order valence-corrected chi connectivity index (χ1v) is 13.5. The standard InChI is InChI=1S/C29H25Cl2N3O4/c1-2-16-5-12-23-20(14-16)29(28(36)32-23)26(27(35)18-8-11-21(30)22(31)15-18)25(24-4-3-13-33(24)29)17-6-9-19(10-7-17)34(37)38/h5-12,14-15,24-26H,2-4,13H2,1H3,(H,32,36)/t24?,25?,26?,29-/m1/s1. The van der Waals surface area contributed by atoms with Crippen molar-refractivity contribution in [2.45, 2.75) is 43.7 Å². The topological polar surface area (TPSA) is 92.5 Å². The maximum Gasteiger partial charge on any atom is 0.269 e. The Morgan fingerprint density at radius 1 is 1.11 bits per heavy atom. The molecule has 6 rings (SSSR count). The van der Waals surface area contributed by atoms with Crippen LogP contribution in [-0.4, -0.2) is 34.1 Å². The summed E-state index contributed by atoms with van der Waals surface area (Å²) in [6.45, 7) is 2.73. The molecule has 0 aliphatic carbocycles. The van der Waals surface area contributed by atoms with Crippen LogP contribution in [0.2, 0.25) is 10.0 Å². The van der Waals surface area contributed by atoms with Crippen LogP contribution >= 0.6 is 23.2 Å². The Labute approximate surface area is 229 Å². The van der Waals surface area contributed by atoms with E-state index in [0.29, 0.717) is 22.8 Å². The lowest BCUT2D eigenvalue weighted by atomic mass is 9.68. The molecule has 7 nitrogen and oxygen atoms in total. The highest BCUT2D eigenvalue weighted by atomic mass is 35.5. The molecule has 1 spiro atoms. The third-order valence-corrected chi connectivity index (χ3v) is 9.19. The van der Waals surface area contributed by atoms with Crippen LogP contribution in [0.25, 0.3) is 0 Å². The minimum absolute atomic E-state index is 0.0198. The van der Waals surface area contributed by atoms with Gasteiger partial charge in [-0.25, -0.2) is 0 Å². The van der Waals surface area contributed by atoms with E-state index < -0.39 is 16.4 Å². The van der Waals surface area contributed by atoms with Gasteiger partial charge in [0.15, 0.2) is 5.78 Å². The van der Waals surface area contributed by atoms with Gasteiger partial charge in [-0.15, -0.1) is 0 Å². The summed E-state index contributed by atoms with van der Waals surface area (Å²) in [5, 5.41) is 15.0. The SMILES string of the molecule is CCc1ccc2c(c1)[C@]1(C(=O)N2)C(C(=O)c2ccc(Cl)c(Cl)c2)C(c2ccc([N+](=O)[O-])cc2)C2CCCN21. The number of ketones is 1. The smallest absolute Gasteiger partial charge is 0.269 e. The van der Waals surface area contributed by atoms with E-state index in [2.05, 4.69) is 23.2 Å². The van der Waals surface area contributed by atoms with Gasteiger partial charge in [0.1, 0.15) is 5.54 Å². The Hall–Kier alpha value is -3.26. The van der Waals surface area contributed by atoms with Gasteiger partial charge in [-0.2, -0.15) is 0 Å². The zero-order valence-corrected chi connectivity index (χ0v) is 22.1. The van der Waals surface area contributed by atoms with Gasteiger partial charge in [0.2, 0.25) is 5.91 Å². The molecule has 4 atom stereocenters. The summed E-state index contributed by atoms with van der Waals surface area (Å²) in [5.41, 5.74) is 2.56. The monoisotopic (exact) mass is 549 g/mol. The lowest BCUT2D eigenvalue weighted by molar-refractivity contribution is -0.384. The van der Waals surface area contributed by atoms with Gasteiger partial charge >= 0.3 is 0 Å². The van der Waals surface area contributed by atoms with Crippen LogP contribution in [-0.2, 0) is 16.8 Å². The van der Waals surface area contributed by atoms with Crippen molar-refractivity contribution < 1.29 is 14.5 Å². The van der Waals surface area contributed by atoms with Crippen molar-refractivity contribution in [1.82, 2.24) is 4.90 Å². The largest absolute Gasteiger partial charge is 0.324 e. The van der Waals surface area contributed by atoms with E-state index in [9.17, 15) is 19.7 Å². The fourth-order valence-electron chi connectivity index (χ4n) is 6.85. The average molecular weight is 550 g/mol. The van der Waals surface area contributed by atoms with Crippen LogP contribution in [0.3, 0.4) is 0 Å². The summed E-state index contributed by atoms with van der Waals surface area (Å²) in [4.78, 5) is 41.8. The van der Waals surface area contributed by atoms with Crippen molar-refractivity contribution in [3.8, 4) is 0 Å². The van der Waals surface area contributed by atoms with Crippen molar-refractivity contribution >= 4 is 46.3 Å². The molecule has 3 unspecified atom stereocenters. The number of fused-ring (bicyclic) bond motifs is 4. The van der Waals surface area contributed by atoms with Gasteiger partial charge in [0, 0.05) is 40.9 Å². The molecule has 38 heavy (non-hydrogen) atoms. The minimum atomic E-state index is -1.21. The highest BCUT2D eigenvalue weighted by Gasteiger charge is 2.69. The Balaban J connectivity index is 1.60. The molecule has 0 radical (unpaired) electrons. The lowest BCUT2D eigenvalue weighted by Crippen LogP contribution is -2.52. The summed E-state index contributed by atoms with van der Waals surface area (Å²) in [5.74, 6) is -1.55. The molecule has 3 aromatic carbocycles. The fourth-order valence-corrected chi connectivity index (χ4v) is 7.15. The third kappa shape index (κ3) is 3.52. The number of hydrogen-bond donors (Lipinski definition) is 1. The molecule has 3 aliphatic heterocycles. The van der Waals surface area contributed by atoms with Crippen LogP contribution in [0, 0.1) is 16.0 Å². The number of nitro benzene ring substituents is 1. The second-order valence-corrected chi connectivity index (χ2v) is 11.0. The normalized spacial score (nSPS) is 25.9. The van der Waals surface area contributed by atoms with Crippen molar-refractivity contribution in [2.75, 3.05) is 11.9 Å². The predicted octanol–water partition coefficient (Wildman–Crippen LogP) is 6.37. The average Bonchev–Trinajstić information content (AvgIpc) is 3.58. The number of aryl methyl sites for hydroxylation is 1. The van der Waals surface area contributed by atoms with Crippen molar-refractivity contribution in [3.63, 3.8) is 0 Å². The highest BCUT2D eigenvalue weighted by molar-refractivity contribution is 6.42. The molecular formula is C29H25Cl2N3O4. The van der Waals surface area contributed by atoms with Gasteiger partial charge in [0.25, 0.3) is 5.69 Å². The Kier molecular flexibility index (Phi) is 6.05. The number of benzene rings is 3. The van der Waals surface area contributed by atoms with Crippen molar-refractivity contribution in [1.29, 1.82) is 0 Å². The second kappa shape index (κ2) is 9.19. The van der Waals surface area contributed by atoms with E-state index >= 15 is 0 Å². The summed E-state index contributed by atoms with van der Waals surface area (Å²) in [6.07, 6.45) is 2.49. The number of nitrogens with one attached hydrogen (secondary N) is 1. The number of halogens is 2. The minimum Gasteiger partial charge on any atom is -0.324 e. The number of rotatable bonds is 5. The van der Waals surface area contributed by atoms with Crippen LogP contribution in [0.5, 0.6) is 0 Å². The van der Waals surface area contributed by atoms with E-state index in [0.717, 1.165) is 36.0 Å². The number of carbonyl (C=O) groups excluding carboxylic acids is 2. The zero-order valence-electron chi connectivity index (χ0n) is 20.6. The molecule has 3 aliphatic rings. The summed E-state index contributed by atoms with van der Waals surface area (Å²) >= 11 is 12.5. The van der Waals surface area contributed by atoms with Gasteiger partial charge in [0.05, 0.1) is 20.9 Å². The summed E-state index contributed by atoms with van der Waals surface area (Å²) in [6, 6.07) is 17.1. The first-order valence-electron chi connectivity index (χ1n) is 12.7.